The maximum atomic E-state index is 5.64. The van der Waals surface area contributed by atoms with E-state index in [2.05, 4.69) is 0 Å². The largest absolute Gasteiger partial charge is 0.497 e. The van der Waals surface area contributed by atoms with E-state index < -0.39 is 0 Å². The molecule has 0 aliphatic rings. The summed E-state index contributed by atoms with van der Waals surface area (Å²) in [6.07, 6.45) is 0. The van der Waals surface area contributed by atoms with Crippen molar-refractivity contribution in [2.45, 2.75) is 19.6 Å². The summed E-state index contributed by atoms with van der Waals surface area (Å²) in [5, 5.41) is 0. The van der Waals surface area contributed by atoms with Crippen molar-refractivity contribution < 1.29 is 28.4 Å². The van der Waals surface area contributed by atoms with Gasteiger partial charge in [0.25, 0.3) is 0 Å². The number of hydrogen-bond acceptors (Lipinski definition) is 8. The quantitative estimate of drug-likeness (QED) is 0.352. The summed E-state index contributed by atoms with van der Waals surface area (Å²) >= 11 is 3.09. The van der Waals surface area contributed by atoms with Gasteiger partial charge in [-0.3, -0.25) is 0 Å². The zero-order chi connectivity index (χ0) is 23.1. The summed E-state index contributed by atoms with van der Waals surface area (Å²) in [6.45, 7) is 0. The molecule has 0 fully saturated rings. The van der Waals surface area contributed by atoms with Crippen LogP contribution < -0.4 is 28.4 Å². The van der Waals surface area contributed by atoms with Crippen LogP contribution in [-0.2, 0) is 0 Å². The predicted molar refractivity (Wildman–Crippen MR) is 127 cm³/mol. The smallest absolute Gasteiger partial charge is 0.136 e. The van der Waals surface area contributed by atoms with E-state index in [9.17, 15) is 0 Å². The molecule has 32 heavy (non-hydrogen) atoms. The van der Waals surface area contributed by atoms with Crippen molar-refractivity contribution in [1.82, 2.24) is 0 Å². The Hall–Kier alpha value is -2.84. The van der Waals surface area contributed by atoms with Gasteiger partial charge in [-0.1, -0.05) is 23.5 Å². The highest BCUT2D eigenvalue weighted by atomic mass is 32.2. The van der Waals surface area contributed by atoms with Crippen molar-refractivity contribution in [1.29, 1.82) is 0 Å². The zero-order valence-electron chi connectivity index (χ0n) is 18.9. The molecule has 0 bridgehead atoms. The SMILES string of the molecule is COc1ccc(Sc2cc(Sc3ccc(OC)cc3OC)c(OC)cc2OC)c(OC)c1. The molecular weight excluding hydrogens is 448 g/mol. The second-order valence-corrected chi connectivity index (χ2v) is 8.56. The molecule has 0 aliphatic carbocycles. The van der Waals surface area contributed by atoms with E-state index in [4.69, 9.17) is 28.4 Å². The van der Waals surface area contributed by atoms with E-state index in [1.54, 1.807) is 66.2 Å². The number of hydrogen-bond donors (Lipinski definition) is 0. The van der Waals surface area contributed by atoms with Gasteiger partial charge >= 0.3 is 0 Å². The van der Waals surface area contributed by atoms with Crippen molar-refractivity contribution in [3.63, 3.8) is 0 Å². The molecule has 0 saturated heterocycles. The summed E-state index contributed by atoms with van der Waals surface area (Å²) in [7, 11) is 9.82. The third kappa shape index (κ3) is 5.31. The number of benzene rings is 3. The van der Waals surface area contributed by atoms with E-state index >= 15 is 0 Å². The van der Waals surface area contributed by atoms with Crippen molar-refractivity contribution in [2.75, 3.05) is 42.7 Å². The molecule has 0 amide bonds. The summed E-state index contributed by atoms with van der Waals surface area (Å²) in [5.74, 6) is 4.31. The average molecular weight is 475 g/mol. The van der Waals surface area contributed by atoms with Crippen LogP contribution >= 0.6 is 23.5 Å². The number of rotatable bonds is 10. The third-order valence-corrected chi connectivity index (χ3v) is 6.82. The fraction of sp³-hybridized carbons (Fsp3) is 0.250. The van der Waals surface area contributed by atoms with Gasteiger partial charge in [-0.2, -0.15) is 0 Å². The normalized spacial score (nSPS) is 10.4. The van der Waals surface area contributed by atoms with Crippen LogP contribution in [-0.4, -0.2) is 42.7 Å². The van der Waals surface area contributed by atoms with Crippen LogP contribution in [0.25, 0.3) is 0 Å². The Morgan fingerprint density at radius 2 is 0.781 bits per heavy atom. The standard InChI is InChI=1S/C24H26O6S2/c1-25-15-7-9-21(17(11-15)27-3)31-23-14-24(20(30-6)13-19(23)29-5)32-22-10-8-16(26-2)12-18(22)28-4/h7-14H,1-6H3. The minimum atomic E-state index is 0.704. The molecule has 3 aromatic carbocycles. The summed E-state index contributed by atoms with van der Waals surface area (Å²) in [4.78, 5) is 3.72. The van der Waals surface area contributed by atoms with Crippen LogP contribution in [0.15, 0.2) is 68.1 Å². The minimum Gasteiger partial charge on any atom is -0.497 e. The Balaban J connectivity index is 2.01. The molecule has 0 saturated carbocycles. The molecule has 0 aromatic heterocycles. The highest BCUT2D eigenvalue weighted by molar-refractivity contribution is 8.00. The molecule has 0 radical (unpaired) electrons. The van der Waals surface area contributed by atoms with E-state index in [0.717, 1.165) is 42.6 Å². The fourth-order valence-electron chi connectivity index (χ4n) is 2.96. The summed E-state index contributed by atoms with van der Waals surface area (Å²) in [6, 6.07) is 15.4. The second kappa shape index (κ2) is 11.2. The minimum absolute atomic E-state index is 0.704. The van der Waals surface area contributed by atoms with Crippen LogP contribution in [0.1, 0.15) is 0 Å². The van der Waals surface area contributed by atoms with Gasteiger partial charge in [0.05, 0.1) is 62.2 Å². The molecule has 3 aromatic rings. The molecule has 0 heterocycles. The van der Waals surface area contributed by atoms with Gasteiger partial charge in [0, 0.05) is 18.2 Å². The van der Waals surface area contributed by atoms with Gasteiger partial charge < -0.3 is 28.4 Å². The van der Waals surface area contributed by atoms with Crippen LogP contribution in [0, 0.1) is 0 Å². The topological polar surface area (TPSA) is 55.4 Å². The first-order chi connectivity index (χ1) is 15.6. The Morgan fingerprint density at radius 3 is 1.12 bits per heavy atom. The molecule has 170 valence electrons. The Morgan fingerprint density at radius 1 is 0.406 bits per heavy atom. The Labute approximate surface area is 197 Å². The van der Waals surface area contributed by atoms with Gasteiger partial charge in [-0.05, 0) is 30.3 Å². The number of ether oxygens (including phenoxy) is 6. The van der Waals surface area contributed by atoms with Crippen LogP contribution in [0.2, 0.25) is 0 Å². The van der Waals surface area contributed by atoms with Crippen LogP contribution in [0.5, 0.6) is 34.5 Å². The Kier molecular flexibility index (Phi) is 8.30. The van der Waals surface area contributed by atoms with Gasteiger partial charge in [0.1, 0.15) is 34.5 Å². The van der Waals surface area contributed by atoms with Crippen molar-refractivity contribution >= 4 is 23.5 Å². The first-order valence-corrected chi connectivity index (χ1v) is 11.3. The van der Waals surface area contributed by atoms with E-state index in [0.29, 0.717) is 11.5 Å². The summed E-state index contributed by atoms with van der Waals surface area (Å²) in [5.41, 5.74) is 0. The maximum Gasteiger partial charge on any atom is 0.136 e. The lowest BCUT2D eigenvalue weighted by Gasteiger charge is -2.16. The van der Waals surface area contributed by atoms with Crippen molar-refractivity contribution in [2.24, 2.45) is 0 Å². The van der Waals surface area contributed by atoms with E-state index in [-0.39, 0.29) is 0 Å². The van der Waals surface area contributed by atoms with E-state index in [1.165, 1.54) is 0 Å². The molecule has 0 aliphatic heterocycles. The van der Waals surface area contributed by atoms with Gasteiger partial charge in [0.2, 0.25) is 0 Å². The molecule has 3 rings (SSSR count). The highest BCUT2D eigenvalue weighted by Crippen LogP contribution is 2.48. The monoisotopic (exact) mass is 474 g/mol. The van der Waals surface area contributed by atoms with Gasteiger partial charge in [-0.15, -0.1) is 0 Å². The lowest BCUT2D eigenvalue weighted by molar-refractivity contribution is 0.380. The van der Waals surface area contributed by atoms with Gasteiger partial charge in [-0.25, -0.2) is 0 Å². The molecular formula is C24H26O6S2. The second-order valence-electron chi connectivity index (χ2n) is 6.39. The highest BCUT2D eigenvalue weighted by Gasteiger charge is 2.17. The fourth-order valence-corrected chi connectivity index (χ4v) is 5.10. The summed E-state index contributed by atoms with van der Waals surface area (Å²) < 4.78 is 33.0. The average Bonchev–Trinajstić information content (AvgIpc) is 2.84. The molecule has 0 atom stereocenters. The molecule has 6 nitrogen and oxygen atoms in total. The molecule has 0 spiro atoms. The lowest BCUT2D eigenvalue weighted by Crippen LogP contribution is -1.94. The van der Waals surface area contributed by atoms with Gasteiger partial charge in [0.15, 0.2) is 0 Å². The van der Waals surface area contributed by atoms with Crippen molar-refractivity contribution in [3.8, 4) is 34.5 Å². The molecule has 8 heteroatoms. The Bertz CT molecular complexity index is 990. The first kappa shape index (κ1) is 23.8. The zero-order valence-corrected chi connectivity index (χ0v) is 20.5. The lowest BCUT2D eigenvalue weighted by atomic mass is 10.3. The van der Waals surface area contributed by atoms with Crippen LogP contribution in [0.3, 0.4) is 0 Å². The van der Waals surface area contributed by atoms with Crippen molar-refractivity contribution in [3.05, 3.63) is 48.5 Å². The molecule has 0 unspecified atom stereocenters. The van der Waals surface area contributed by atoms with E-state index in [1.807, 2.05) is 48.5 Å². The number of methoxy groups -OCH3 is 6. The first-order valence-electron chi connectivity index (χ1n) is 9.62. The van der Waals surface area contributed by atoms with Crippen LogP contribution in [0.4, 0.5) is 0 Å². The maximum absolute atomic E-state index is 5.64. The molecule has 0 N–H and O–H groups in total. The third-order valence-electron chi connectivity index (χ3n) is 4.63. The predicted octanol–water partition coefficient (Wildman–Crippen LogP) is 6.04.